The van der Waals surface area contributed by atoms with Crippen LogP contribution in [0.2, 0.25) is 0 Å². The topological polar surface area (TPSA) is 66.2 Å². The van der Waals surface area contributed by atoms with Crippen molar-refractivity contribution < 1.29 is 14.3 Å². The van der Waals surface area contributed by atoms with Gasteiger partial charge in [-0.25, -0.2) is 9.48 Å². The Balaban J connectivity index is 2.64. The highest BCUT2D eigenvalue weighted by Crippen LogP contribution is 2.10. The van der Waals surface area contributed by atoms with Crippen molar-refractivity contribution in [3.8, 4) is 0 Å². The van der Waals surface area contributed by atoms with Crippen LogP contribution >= 0.6 is 0 Å². The van der Waals surface area contributed by atoms with Crippen LogP contribution in [0.1, 0.15) is 36.5 Å². The van der Waals surface area contributed by atoms with Crippen molar-refractivity contribution in [3.05, 3.63) is 11.4 Å². The molecule has 0 bridgehead atoms. The third-order valence-corrected chi connectivity index (χ3v) is 2.88. The zero-order chi connectivity index (χ0) is 13.5. The molecule has 18 heavy (non-hydrogen) atoms. The Morgan fingerprint density at radius 1 is 1.44 bits per heavy atom. The molecule has 0 aliphatic heterocycles. The van der Waals surface area contributed by atoms with E-state index < -0.39 is 5.97 Å². The van der Waals surface area contributed by atoms with E-state index in [9.17, 15) is 4.79 Å². The Kier molecular flexibility index (Phi) is 5.77. The maximum Gasteiger partial charge on any atom is 0.360 e. The smallest absolute Gasteiger partial charge is 0.360 e. The number of carbonyl (C=O) groups is 1. The van der Waals surface area contributed by atoms with E-state index in [1.54, 1.807) is 11.8 Å². The fraction of sp³-hybridized carbons (Fsp3) is 0.750. The molecule has 102 valence electrons. The molecule has 0 saturated heterocycles. The minimum absolute atomic E-state index is 0.229. The second kappa shape index (κ2) is 7.10. The summed E-state index contributed by atoms with van der Waals surface area (Å²) in [6, 6.07) is 0. The largest absolute Gasteiger partial charge is 0.458 e. The van der Waals surface area contributed by atoms with Gasteiger partial charge in [0, 0.05) is 13.7 Å². The predicted molar refractivity (Wildman–Crippen MR) is 66.4 cm³/mol. The summed E-state index contributed by atoms with van der Waals surface area (Å²) < 4.78 is 11.6. The van der Waals surface area contributed by atoms with Crippen LogP contribution in [0, 0.1) is 12.8 Å². The molecule has 0 N–H and O–H groups in total. The molecule has 1 unspecified atom stereocenters. The molecule has 0 radical (unpaired) electrons. The normalized spacial score (nSPS) is 12.4. The van der Waals surface area contributed by atoms with Gasteiger partial charge in [-0.1, -0.05) is 25.5 Å². The summed E-state index contributed by atoms with van der Waals surface area (Å²) in [5.74, 6) is 0.0581. The molecule has 0 amide bonds. The molecule has 0 spiro atoms. The van der Waals surface area contributed by atoms with Crippen molar-refractivity contribution in [2.45, 2.75) is 33.7 Å². The summed E-state index contributed by atoms with van der Waals surface area (Å²) in [6.45, 7) is 7.46. The highest BCUT2D eigenvalue weighted by molar-refractivity contribution is 5.88. The van der Waals surface area contributed by atoms with E-state index in [1.807, 2.05) is 6.92 Å². The predicted octanol–water partition coefficient (Wildman–Crippen LogP) is 1.44. The molecular weight excluding hydrogens is 234 g/mol. The van der Waals surface area contributed by atoms with Gasteiger partial charge in [0.15, 0.2) is 5.69 Å². The number of rotatable bonds is 7. The third-order valence-electron chi connectivity index (χ3n) is 2.88. The summed E-state index contributed by atoms with van der Waals surface area (Å²) >= 11 is 0. The quantitative estimate of drug-likeness (QED) is 0.545. The van der Waals surface area contributed by atoms with Gasteiger partial charge in [0.25, 0.3) is 0 Å². The molecule has 0 aliphatic rings. The Hall–Kier alpha value is -1.43. The van der Waals surface area contributed by atoms with Crippen molar-refractivity contribution in [1.29, 1.82) is 0 Å². The Labute approximate surface area is 107 Å². The molecule has 0 aliphatic carbocycles. The van der Waals surface area contributed by atoms with Gasteiger partial charge in [-0.05, 0) is 12.8 Å². The summed E-state index contributed by atoms with van der Waals surface area (Å²) in [5, 5.41) is 7.87. The van der Waals surface area contributed by atoms with Crippen molar-refractivity contribution in [2.75, 3.05) is 20.3 Å². The van der Waals surface area contributed by atoms with Crippen molar-refractivity contribution in [2.24, 2.45) is 5.92 Å². The van der Waals surface area contributed by atoms with E-state index >= 15 is 0 Å². The van der Waals surface area contributed by atoms with E-state index in [2.05, 4.69) is 24.2 Å². The number of hydrogen-bond acceptors (Lipinski definition) is 5. The first-order valence-corrected chi connectivity index (χ1v) is 6.16. The van der Waals surface area contributed by atoms with Gasteiger partial charge in [-0.3, -0.25) is 0 Å². The maximum atomic E-state index is 11.7. The maximum absolute atomic E-state index is 11.7. The highest BCUT2D eigenvalue weighted by Gasteiger charge is 2.18. The molecule has 0 saturated carbocycles. The second-order valence-electron chi connectivity index (χ2n) is 4.35. The summed E-state index contributed by atoms with van der Waals surface area (Å²) in [5.41, 5.74) is 1.03. The van der Waals surface area contributed by atoms with Gasteiger partial charge in [-0.15, -0.1) is 5.10 Å². The first kappa shape index (κ1) is 14.6. The molecule has 1 atom stereocenters. The SMILES string of the molecule is CCC(C)Cn1nnc(C(=O)OCCOC)c1C. The molecule has 1 aromatic rings. The summed E-state index contributed by atoms with van der Waals surface area (Å²) in [4.78, 5) is 11.7. The third kappa shape index (κ3) is 3.80. The lowest BCUT2D eigenvalue weighted by Crippen LogP contribution is -2.13. The standard InChI is InChI=1S/C12H21N3O3/c1-5-9(2)8-15-10(3)11(13-14-15)12(16)18-7-6-17-4/h9H,5-8H2,1-4H3. The molecule has 1 rings (SSSR count). The number of methoxy groups -OCH3 is 1. The fourth-order valence-corrected chi connectivity index (χ4v) is 1.43. The summed E-state index contributed by atoms with van der Waals surface area (Å²) in [6.07, 6.45) is 1.06. The van der Waals surface area contributed by atoms with Crippen LogP contribution in [0.3, 0.4) is 0 Å². The van der Waals surface area contributed by atoms with Crippen LogP contribution in [-0.4, -0.2) is 41.3 Å². The van der Waals surface area contributed by atoms with Crippen LogP contribution in [0.5, 0.6) is 0 Å². The van der Waals surface area contributed by atoms with Crippen LogP contribution in [0.25, 0.3) is 0 Å². The Morgan fingerprint density at radius 3 is 2.78 bits per heavy atom. The molecule has 1 heterocycles. The zero-order valence-corrected chi connectivity index (χ0v) is 11.5. The first-order valence-electron chi connectivity index (χ1n) is 6.16. The number of aromatic nitrogens is 3. The van der Waals surface area contributed by atoms with E-state index in [0.29, 0.717) is 12.5 Å². The average molecular weight is 255 g/mol. The van der Waals surface area contributed by atoms with Gasteiger partial charge >= 0.3 is 5.97 Å². The lowest BCUT2D eigenvalue weighted by atomic mass is 10.1. The van der Waals surface area contributed by atoms with Gasteiger partial charge in [-0.2, -0.15) is 0 Å². The lowest BCUT2D eigenvalue weighted by Gasteiger charge is -2.09. The second-order valence-corrected chi connectivity index (χ2v) is 4.35. The average Bonchev–Trinajstić information content (AvgIpc) is 2.71. The number of ether oxygens (including phenoxy) is 2. The van der Waals surface area contributed by atoms with Gasteiger partial charge in [0.05, 0.1) is 12.3 Å². The van der Waals surface area contributed by atoms with Gasteiger partial charge in [0.2, 0.25) is 0 Å². The molecule has 0 fully saturated rings. The van der Waals surface area contributed by atoms with Crippen LogP contribution in [0.4, 0.5) is 0 Å². The van der Waals surface area contributed by atoms with Crippen molar-refractivity contribution >= 4 is 5.97 Å². The molecular formula is C12H21N3O3. The first-order chi connectivity index (χ1) is 8.60. The van der Waals surface area contributed by atoms with E-state index in [4.69, 9.17) is 9.47 Å². The van der Waals surface area contributed by atoms with Crippen LogP contribution < -0.4 is 0 Å². The van der Waals surface area contributed by atoms with Gasteiger partial charge < -0.3 is 9.47 Å². The van der Waals surface area contributed by atoms with E-state index in [0.717, 1.165) is 18.7 Å². The molecule has 1 aromatic heterocycles. The number of carbonyl (C=O) groups excluding carboxylic acids is 1. The van der Waals surface area contributed by atoms with E-state index in [1.165, 1.54) is 0 Å². The Morgan fingerprint density at radius 2 is 2.17 bits per heavy atom. The fourth-order valence-electron chi connectivity index (χ4n) is 1.43. The summed E-state index contributed by atoms with van der Waals surface area (Å²) in [7, 11) is 1.56. The van der Waals surface area contributed by atoms with Crippen LogP contribution in [-0.2, 0) is 16.0 Å². The van der Waals surface area contributed by atoms with Crippen molar-refractivity contribution in [3.63, 3.8) is 0 Å². The number of nitrogens with zero attached hydrogens (tertiary/aromatic N) is 3. The van der Waals surface area contributed by atoms with Crippen molar-refractivity contribution in [1.82, 2.24) is 15.0 Å². The Bertz CT molecular complexity index is 390. The minimum atomic E-state index is -0.444. The monoisotopic (exact) mass is 255 g/mol. The molecule has 6 nitrogen and oxygen atoms in total. The van der Waals surface area contributed by atoms with E-state index in [-0.39, 0.29) is 12.3 Å². The van der Waals surface area contributed by atoms with Gasteiger partial charge in [0.1, 0.15) is 6.61 Å². The number of esters is 1. The zero-order valence-electron chi connectivity index (χ0n) is 11.5. The minimum Gasteiger partial charge on any atom is -0.458 e. The highest BCUT2D eigenvalue weighted by atomic mass is 16.6. The number of hydrogen-bond donors (Lipinski definition) is 0. The lowest BCUT2D eigenvalue weighted by molar-refractivity contribution is 0.0380. The van der Waals surface area contributed by atoms with Crippen LogP contribution in [0.15, 0.2) is 0 Å². The molecule has 0 aromatic carbocycles. The molecule has 6 heteroatoms.